The molecule has 0 unspecified atom stereocenters. The zero-order chi connectivity index (χ0) is 32.4. The van der Waals surface area contributed by atoms with Crippen molar-refractivity contribution in [3.63, 3.8) is 0 Å². The SMILES string of the molecule is CCCCCCCCCCOc1ccc(/C=C/C(=O)Oc2ccc(C(=O)/C=C/c3cc(OC)c(OC)cc3[N+](=O)[O-])cc2)cc1. The number of ether oxygens (including phenoxy) is 4. The molecule has 0 heterocycles. The van der Waals surface area contributed by atoms with E-state index in [-0.39, 0.29) is 28.5 Å². The van der Waals surface area contributed by atoms with Crippen molar-refractivity contribution in [1.82, 2.24) is 0 Å². The number of carbonyl (C=O) groups is 2. The van der Waals surface area contributed by atoms with Gasteiger partial charge in [-0.25, -0.2) is 4.79 Å². The first-order valence-electron chi connectivity index (χ1n) is 15.2. The van der Waals surface area contributed by atoms with Gasteiger partial charge < -0.3 is 18.9 Å². The molecule has 0 aliphatic rings. The predicted molar refractivity (Wildman–Crippen MR) is 175 cm³/mol. The molecule has 45 heavy (non-hydrogen) atoms. The highest BCUT2D eigenvalue weighted by Crippen LogP contribution is 2.35. The van der Waals surface area contributed by atoms with Crippen LogP contribution in [0.2, 0.25) is 0 Å². The van der Waals surface area contributed by atoms with Gasteiger partial charge in [0.25, 0.3) is 5.69 Å². The van der Waals surface area contributed by atoms with Gasteiger partial charge in [-0.15, -0.1) is 0 Å². The lowest BCUT2D eigenvalue weighted by molar-refractivity contribution is -0.385. The molecule has 3 aromatic rings. The van der Waals surface area contributed by atoms with Crippen LogP contribution in [0.4, 0.5) is 5.69 Å². The molecule has 3 rings (SSSR count). The minimum absolute atomic E-state index is 0.185. The van der Waals surface area contributed by atoms with E-state index < -0.39 is 10.9 Å². The molecule has 0 aliphatic heterocycles. The summed E-state index contributed by atoms with van der Waals surface area (Å²) in [4.78, 5) is 36.0. The molecule has 0 N–H and O–H groups in total. The molecule has 238 valence electrons. The van der Waals surface area contributed by atoms with Crippen LogP contribution in [0.1, 0.15) is 79.8 Å². The van der Waals surface area contributed by atoms with Gasteiger partial charge in [0, 0.05) is 11.6 Å². The molecule has 0 radical (unpaired) electrons. The quantitative estimate of drug-likeness (QED) is 0.0250. The lowest BCUT2D eigenvalue weighted by Gasteiger charge is -2.08. The van der Waals surface area contributed by atoms with E-state index in [9.17, 15) is 19.7 Å². The Bertz CT molecular complexity index is 1460. The molecule has 0 saturated carbocycles. The van der Waals surface area contributed by atoms with Crippen molar-refractivity contribution in [3.05, 3.63) is 99.6 Å². The van der Waals surface area contributed by atoms with Crippen LogP contribution in [0.5, 0.6) is 23.0 Å². The van der Waals surface area contributed by atoms with Gasteiger partial charge in [-0.3, -0.25) is 14.9 Å². The highest BCUT2D eigenvalue weighted by Gasteiger charge is 2.18. The van der Waals surface area contributed by atoms with Gasteiger partial charge in [0.05, 0.1) is 37.4 Å². The van der Waals surface area contributed by atoms with Crippen molar-refractivity contribution in [3.8, 4) is 23.0 Å². The Morgan fingerprint density at radius 1 is 0.756 bits per heavy atom. The smallest absolute Gasteiger partial charge is 0.336 e. The molecule has 0 amide bonds. The van der Waals surface area contributed by atoms with Gasteiger partial charge in [-0.1, -0.05) is 64.0 Å². The summed E-state index contributed by atoms with van der Waals surface area (Å²) in [7, 11) is 2.80. The summed E-state index contributed by atoms with van der Waals surface area (Å²) in [5, 5.41) is 11.5. The van der Waals surface area contributed by atoms with E-state index >= 15 is 0 Å². The predicted octanol–water partition coefficient (Wildman–Crippen LogP) is 8.65. The molecule has 0 bridgehead atoms. The molecule has 0 aliphatic carbocycles. The van der Waals surface area contributed by atoms with Crippen LogP contribution in [-0.2, 0) is 4.79 Å². The number of methoxy groups -OCH3 is 2. The Labute approximate surface area is 264 Å². The number of ketones is 1. The second-order valence-electron chi connectivity index (χ2n) is 10.4. The number of nitrogens with zero attached hydrogens (tertiary/aromatic N) is 1. The van der Waals surface area contributed by atoms with Gasteiger partial charge in [-0.05, 0) is 72.7 Å². The monoisotopic (exact) mass is 615 g/mol. The van der Waals surface area contributed by atoms with E-state index in [2.05, 4.69) is 6.92 Å². The highest BCUT2D eigenvalue weighted by atomic mass is 16.6. The van der Waals surface area contributed by atoms with Crippen LogP contribution < -0.4 is 18.9 Å². The van der Waals surface area contributed by atoms with E-state index in [0.29, 0.717) is 17.9 Å². The molecule has 9 heteroatoms. The maximum Gasteiger partial charge on any atom is 0.336 e. The van der Waals surface area contributed by atoms with Crippen molar-refractivity contribution >= 4 is 29.6 Å². The second kappa shape index (κ2) is 18.7. The fourth-order valence-electron chi connectivity index (χ4n) is 4.54. The number of esters is 1. The first-order valence-corrected chi connectivity index (χ1v) is 15.2. The third-order valence-corrected chi connectivity index (χ3v) is 7.06. The Hall–Kier alpha value is -4.92. The average Bonchev–Trinajstić information content (AvgIpc) is 3.05. The van der Waals surface area contributed by atoms with E-state index in [1.54, 1.807) is 6.08 Å². The first-order chi connectivity index (χ1) is 21.8. The number of carbonyl (C=O) groups excluding carboxylic acids is 2. The van der Waals surface area contributed by atoms with E-state index in [4.69, 9.17) is 18.9 Å². The maximum atomic E-state index is 12.7. The van der Waals surface area contributed by atoms with Gasteiger partial charge in [0.1, 0.15) is 11.5 Å². The molecule has 0 saturated heterocycles. The zero-order valence-corrected chi connectivity index (χ0v) is 26.2. The standard InChI is InChI=1S/C36H41NO8/c1-4-5-6-7-8-9-10-11-24-44-30-18-12-27(13-19-30)14-23-36(39)45-31-20-15-28(16-21-31)33(38)22-17-29-25-34(42-2)35(43-3)26-32(29)37(40)41/h12-23,25-26H,4-11,24H2,1-3H3/b22-17+,23-14+. The van der Waals surface area contributed by atoms with Crippen LogP contribution >= 0.6 is 0 Å². The summed E-state index contributed by atoms with van der Waals surface area (Å²) in [6.07, 6.45) is 15.6. The maximum absolute atomic E-state index is 12.7. The molecule has 0 fully saturated rings. The summed E-state index contributed by atoms with van der Waals surface area (Å²) in [6, 6.07) is 16.2. The molecular weight excluding hydrogens is 574 g/mol. The number of rotatable bonds is 19. The third kappa shape index (κ3) is 11.6. The second-order valence-corrected chi connectivity index (χ2v) is 10.4. The van der Waals surface area contributed by atoms with Gasteiger partial charge >= 0.3 is 5.97 Å². The topological polar surface area (TPSA) is 114 Å². The number of nitro benzene ring substituents is 1. The van der Waals surface area contributed by atoms with Crippen molar-refractivity contribution in [2.45, 2.75) is 58.3 Å². The first kappa shape index (κ1) is 34.6. The summed E-state index contributed by atoms with van der Waals surface area (Å²) < 4.78 is 21.5. The van der Waals surface area contributed by atoms with E-state index in [1.807, 2.05) is 24.3 Å². The minimum atomic E-state index is -0.565. The summed E-state index contributed by atoms with van der Waals surface area (Å²) in [6.45, 7) is 2.92. The summed E-state index contributed by atoms with van der Waals surface area (Å²) in [5.74, 6) is 0.618. The largest absolute Gasteiger partial charge is 0.494 e. The highest BCUT2D eigenvalue weighted by molar-refractivity contribution is 6.07. The van der Waals surface area contributed by atoms with Crippen LogP contribution in [0, 0.1) is 10.1 Å². The Morgan fingerprint density at radius 2 is 1.36 bits per heavy atom. The summed E-state index contributed by atoms with van der Waals surface area (Å²) in [5.41, 5.74) is 1.10. The van der Waals surface area contributed by atoms with E-state index in [1.165, 1.54) is 114 Å². The van der Waals surface area contributed by atoms with Crippen molar-refractivity contribution in [1.29, 1.82) is 0 Å². The lowest BCUT2D eigenvalue weighted by Crippen LogP contribution is -2.04. The van der Waals surface area contributed by atoms with Crippen molar-refractivity contribution in [2.24, 2.45) is 0 Å². The fraction of sp³-hybridized carbons (Fsp3) is 0.333. The molecule has 9 nitrogen and oxygen atoms in total. The molecule has 0 atom stereocenters. The number of hydrogen-bond donors (Lipinski definition) is 0. The molecule has 3 aromatic carbocycles. The van der Waals surface area contributed by atoms with Gasteiger partial charge in [0.15, 0.2) is 17.3 Å². The summed E-state index contributed by atoms with van der Waals surface area (Å²) >= 11 is 0. The van der Waals surface area contributed by atoms with E-state index in [0.717, 1.165) is 17.7 Å². The molecule has 0 aromatic heterocycles. The van der Waals surface area contributed by atoms with Crippen LogP contribution in [-0.4, -0.2) is 37.5 Å². The number of hydrogen-bond acceptors (Lipinski definition) is 8. The van der Waals surface area contributed by atoms with Crippen LogP contribution in [0.3, 0.4) is 0 Å². The van der Waals surface area contributed by atoms with Crippen LogP contribution in [0.15, 0.2) is 72.8 Å². The normalized spacial score (nSPS) is 11.1. The fourth-order valence-corrected chi connectivity index (χ4v) is 4.54. The minimum Gasteiger partial charge on any atom is -0.494 e. The number of allylic oxidation sites excluding steroid dienone is 1. The third-order valence-electron chi connectivity index (χ3n) is 7.06. The van der Waals surface area contributed by atoms with Crippen LogP contribution in [0.25, 0.3) is 12.2 Å². The Kier molecular flexibility index (Phi) is 14.3. The van der Waals surface area contributed by atoms with Gasteiger partial charge in [-0.2, -0.15) is 0 Å². The van der Waals surface area contributed by atoms with Gasteiger partial charge in [0.2, 0.25) is 0 Å². The number of unbranched alkanes of at least 4 members (excludes halogenated alkanes) is 7. The number of benzene rings is 3. The lowest BCUT2D eigenvalue weighted by atomic mass is 10.1. The molecular formula is C36H41NO8. The van der Waals surface area contributed by atoms with Crippen molar-refractivity contribution in [2.75, 3.05) is 20.8 Å². The number of nitro groups is 1. The van der Waals surface area contributed by atoms with Crippen molar-refractivity contribution < 1.29 is 33.5 Å². The molecule has 0 spiro atoms. The zero-order valence-electron chi connectivity index (χ0n) is 26.2. The average molecular weight is 616 g/mol. The Morgan fingerprint density at radius 3 is 1.98 bits per heavy atom. The Balaban J connectivity index is 1.46.